The molecule has 0 atom stereocenters. The van der Waals surface area contributed by atoms with Gasteiger partial charge in [0.15, 0.2) is 0 Å². The SMILES string of the molecule is FC(F)(F)c1cc(N=Cc2ccccc2P(c2ccccc2)c2ccccc2)cc(C(F)(F)F)c1. The van der Waals surface area contributed by atoms with Gasteiger partial charge in [0.25, 0.3) is 0 Å². The van der Waals surface area contributed by atoms with Crippen LogP contribution >= 0.6 is 7.92 Å². The first kappa shape index (κ1) is 24.7. The van der Waals surface area contributed by atoms with Crippen molar-refractivity contribution in [2.24, 2.45) is 4.99 Å². The first-order valence-electron chi connectivity index (χ1n) is 10.5. The van der Waals surface area contributed by atoms with Crippen molar-refractivity contribution in [1.82, 2.24) is 0 Å². The number of aliphatic imine (C=N–C) groups is 1. The fourth-order valence-electron chi connectivity index (χ4n) is 3.54. The summed E-state index contributed by atoms with van der Waals surface area (Å²) in [4.78, 5) is 4.04. The molecule has 178 valence electrons. The van der Waals surface area contributed by atoms with Gasteiger partial charge in [-0.1, -0.05) is 84.9 Å². The van der Waals surface area contributed by atoms with E-state index in [0.29, 0.717) is 17.7 Å². The maximum Gasteiger partial charge on any atom is 0.416 e. The van der Waals surface area contributed by atoms with Gasteiger partial charge in [0.2, 0.25) is 0 Å². The predicted molar refractivity (Wildman–Crippen MR) is 129 cm³/mol. The van der Waals surface area contributed by atoms with Crippen molar-refractivity contribution in [3.05, 3.63) is 120 Å². The Kier molecular flexibility index (Phi) is 7.08. The van der Waals surface area contributed by atoms with Gasteiger partial charge in [-0.05, 0) is 42.0 Å². The molecule has 0 aliphatic heterocycles. The van der Waals surface area contributed by atoms with Crippen LogP contribution < -0.4 is 15.9 Å². The molecule has 0 bridgehead atoms. The molecule has 0 aliphatic rings. The van der Waals surface area contributed by atoms with Crippen LogP contribution in [0.25, 0.3) is 0 Å². The Morgan fingerprint density at radius 3 is 1.51 bits per heavy atom. The molecule has 0 radical (unpaired) electrons. The Hall–Kier alpha value is -3.44. The minimum atomic E-state index is -4.93. The van der Waals surface area contributed by atoms with Crippen molar-refractivity contribution in [1.29, 1.82) is 0 Å². The lowest BCUT2D eigenvalue weighted by molar-refractivity contribution is -0.143. The summed E-state index contributed by atoms with van der Waals surface area (Å²) in [5.41, 5.74) is -2.62. The lowest BCUT2D eigenvalue weighted by Crippen LogP contribution is -2.23. The van der Waals surface area contributed by atoms with E-state index in [2.05, 4.69) is 4.99 Å². The highest BCUT2D eigenvalue weighted by molar-refractivity contribution is 7.80. The molecule has 0 unspecified atom stereocenters. The summed E-state index contributed by atoms with van der Waals surface area (Å²) in [6, 6.07) is 28.1. The second-order valence-electron chi connectivity index (χ2n) is 7.59. The minimum absolute atomic E-state index is 0.0943. The Morgan fingerprint density at radius 2 is 1.03 bits per heavy atom. The topological polar surface area (TPSA) is 12.4 Å². The summed E-state index contributed by atoms with van der Waals surface area (Å²) in [6.45, 7) is 0. The average Bonchev–Trinajstić information content (AvgIpc) is 2.84. The minimum Gasteiger partial charge on any atom is -0.256 e. The van der Waals surface area contributed by atoms with Gasteiger partial charge in [0.05, 0.1) is 16.8 Å². The molecule has 4 aromatic rings. The number of nitrogens with zero attached hydrogens (tertiary/aromatic N) is 1. The molecule has 0 amide bonds. The Bertz CT molecular complexity index is 1240. The van der Waals surface area contributed by atoms with Crippen LogP contribution in [0.2, 0.25) is 0 Å². The first-order valence-corrected chi connectivity index (χ1v) is 11.8. The van der Waals surface area contributed by atoms with Crippen molar-refractivity contribution in [3.63, 3.8) is 0 Å². The van der Waals surface area contributed by atoms with E-state index < -0.39 is 37.1 Å². The fourth-order valence-corrected chi connectivity index (χ4v) is 5.96. The molecule has 4 aromatic carbocycles. The van der Waals surface area contributed by atoms with Crippen molar-refractivity contribution in [3.8, 4) is 0 Å². The maximum absolute atomic E-state index is 13.2. The van der Waals surface area contributed by atoms with E-state index in [0.717, 1.165) is 15.9 Å². The van der Waals surface area contributed by atoms with E-state index in [1.807, 2.05) is 72.8 Å². The molecule has 0 saturated carbocycles. The summed E-state index contributed by atoms with van der Waals surface area (Å²) < 4.78 is 79.4. The van der Waals surface area contributed by atoms with Gasteiger partial charge in [-0.25, -0.2) is 0 Å². The smallest absolute Gasteiger partial charge is 0.256 e. The number of benzene rings is 4. The summed E-state index contributed by atoms with van der Waals surface area (Å²) >= 11 is 0. The molecule has 0 aliphatic carbocycles. The standard InChI is InChI=1S/C27H18F6NP/c28-26(29,30)20-15-21(27(31,32)33)17-22(16-20)34-18-19-9-7-8-14-25(19)35(23-10-3-1-4-11-23)24-12-5-2-6-13-24/h1-18H. The average molecular weight is 501 g/mol. The predicted octanol–water partition coefficient (Wildman–Crippen LogP) is 7.23. The molecule has 0 N–H and O–H groups in total. The number of hydrogen-bond donors (Lipinski definition) is 0. The van der Waals surface area contributed by atoms with E-state index in [4.69, 9.17) is 0 Å². The van der Waals surface area contributed by atoms with Crippen LogP contribution in [0, 0.1) is 0 Å². The molecule has 35 heavy (non-hydrogen) atoms. The monoisotopic (exact) mass is 501 g/mol. The number of hydrogen-bond acceptors (Lipinski definition) is 1. The quantitative estimate of drug-likeness (QED) is 0.155. The van der Waals surface area contributed by atoms with Crippen LogP contribution in [0.15, 0.2) is 108 Å². The second-order valence-corrected chi connectivity index (χ2v) is 9.77. The summed E-state index contributed by atoms with van der Waals surface area (Å²) in [7, 11) is -1.05. The van der Waals surface area contributed by atoms with Gasteiger partial charge < -0.3 is 0 Å². The van der Waals surface area contributed by atoms with Crippen LogP contribution in [-0.2, 0) is 12.4 Å². The highest BCUT2D eigenvalue weighted by atomic mass is 31.1. The van der Waals surface area contributed by atoms with Gasteiger partial charge in [0, 0.05) is 11.8 Å². The van der Waals surface area contributed by atoms with Crippen molar-refractivity contribution >= 4 is 35.7 Å². The van der Waals surface area contributed by atoms with Gasteiger partial charge in [0.1, 0.15) is 0 Å². The normalized spacial score (nSPS) is 12.4. The molecule has 8 heteroatoms. The fraction of sp³-hybridized carbons (Fsp3) is 0.0741. The number of alkyl halides is 6. The lowest BCUT2D eigenvalue weighted by Gasteiger charge is -2.21. The molecule has 1 nitrogen and oxygen atoms in total. The van der Waals surface area contributed by atoms with Gasteiger partial charge >= 0.3 is 12.4 Å². The van der Waals surface area contributed by atoms with Crippen molar-refractivity contribution in [2.75, 3.05) is 0 Å². The largest absolute Gasteiger partial charge is 0.416 e. The molecule has 0 saturated heterocycles. The molecule has 0 aromatic heterocycles. The summed E-state index contributed by atoms with van der Waals surface area (Å²) in [5.74, 6) is 0. The van der Waals surface area contributed by atoms with Gasteiger partial charge in [-0.3, -0.25) is 4.99 Å². The molecule has 4 rings (SSSR count). The molecular weight excluding hydrogens is 483 g/mol. The van der Waals surface area contributed by atoms with Gasteiger partial charge in [-0.15, -0.1) is 0 Å². The van der Waals surface area contributed by atoms with Gasteiger partial charge in [-0.2, -0.15) is 26.3 Å². The molecule has 0 fully saturated rings. The maximum atomic E-state index is 13.2. The van der Waals surface area contributed by atoms with E-state index in [1.54, 1.807) is 12.1 Å². The van der Waals surface area contributed by atoms with Crippen LogP contribution in [0.1, 0.15) is 16.7 Å². The van der Waals surface area contributed by atoms with Crippen LogP contribution in [0.3, 0.4) is 0 Å². The zero-order valence-corrected chi connectivity index (χ0v) is 18.9. The number of rotatable bonds is 5. The highest BCUT2D eigenvalue weighted by Gasteiger charge is 2.36. The Balaban J connectivity index is 1.81. The zero-order valence-electron chi connectivity index (χ0n) is 18.1. The zero-order chi connectivity index (χ0) is 25.1. The third kappa shape index (κ3) is 5.98. The van der Waals surface area contributed by atoms with Crippen molar-refractivity contribution < 1.29 is 26.3 Å². The van der Waals surface area contributed by atoms with E-state index >= 15 is 0 Å². The third-order valence-electron chi connectivity index (χ3n) is 5.13. The second kappa shape index (κ2) is 10.0. The first-order chi connectivity index (χ1) is 16.6. The summed E-state index contributed by atoms with van der Waals surface area (Å²) in [5, 5.41) is 2.98. The lowest BCUT2D eigenvalue weighted by atomic mass is 10.1. The molecule has 0 spiro atoms. The van der Waals surface area contributed by atoms with Crippen LogP contribution in [-0.4, -0.2) is 6.21 Å². The van der Waals surface area contributed by atoms with Crippen LogP contribution in [0.4, 0.5) is 32.0 Å². The number of halogens is 6. The van der Waals surface area contributed by atoms with E-state index in [9.17, 15) is 26.3 Å². The molecular formula is C27H18F6NP. The van der Waals surface area contributed by atoms with Crippen molar-refractivity contribution in [2.45, 2.75) is 12.4 Å². The molecule has 0 heterocycles. The highest BCUT2D eigenvalue weighted by Crippen LogP contribution is 2.38. The third-order valence-corrected chi connectivity index (χ3v) is 7.65. The van der Waals surface area contributed by atoms with E-state index in [1.165, 1.54) is 6.21 Å². The summed E-state index contributed by atoms with van der Waals surface area (Å²) in [6.07, 6.45) is -8.54. The Labute approximate surface area is 199 Å². The van der Waals surface area contributed by atoms with Crippen LogP contribution in [0.5, 0.6) is 0 Å². The van der Waals surface area contributed by atoms with E-state index in [-0.39, 0.29) is 6.07 Å². The Morgan fingerprint density at radius 1 is 0.571 bits per heavy atom.